The zero-order chi connectivity index (χ0) is 19.1. The van der Waals surface area contributed by atoms with Crippen molar-refractivity contribution in [2.24, 2.45) is 0 Å². The Morgan fingerprint density at radius 3 is 2.85 bits per heavy atom. The minimum atomic E-state index is -1.57. The van der Waals surface area contributed by atoms with E-state index in [0.29, 0.717) is 18.5 Å². The molecule has 0 N–H and O–H groups in total. The summed E-state index contributed by atoms with van der Waals surface area (Å²) in [5, 5.41) is 10.5. The summed E-state index contributed by atoms with van der Waals surface area (Å²) in [5.74, 6) is 0. The molecular weight excluding hydrogens is 362 g/mol. The highest BCUT2D eigenvalue weighted by Crippen LogP contribution is 2.26. The summed E-state index contributed by atoms with van der Waals surface area (Å²) in [6, 6.07) is 4.02. The molecule has 1 aliphatic rings. The van der Waals surface area contributed by atoms with Crippen molar-refractivity contribution in [3.63, 3.8) is 0 Å². The van der Waals surface area contributed by atoms with Crippen LogP contribution in [0, 0.1) is 10.1 Å². The molecule has 2 heterocycles. The number of carbonyl (C=O) groups excluding carboxylic acids is 1. The van der Waals surface area contributed by atoms with Gasteiger partial charge in [-0.05, 0) is 33.3 Å². The first-order valence-corrected chi connectivity index (χ1v) is 9.29. The highest BCUT2D eigenvalue weighted by atomic mass is 32.2. The van der Waals surface area contributed by atoms with Gasteiger partial charge >= 0.3 is 6.09 Å². The van der Waals surface area contributed by atoms with E-state index in [-0.39, 0.29) is 28.2 Å². The van der Waals surface area contributed by atoms with Crippen LogP contribution in [0.4, 0.5) is 10.5 Å². The third-order valence-corrected chi connectivity index (χ3v) is 5.34. The van der Waals surface area contributed by atoms with E-state index in [1.54, 1.807) is 20.8 Å². The Kier molecular flexibility index (Phi) is 4.70. The number of carbonyl (C=O) groups is 1. The maximum absolute atomic E-state index is 12.7. The topological polar surface area (TPSA) is 116 Å². The number of nitro benzene ring substituents is 1. The van der Waals surface area contributed by atoms with E-state index in [0.717, 1.165) is 0 Å². The van der Waals surface area contributed by atoms with Gasteiger partial charge in [-0.1, -0.05) is 0 Å². The van der Waals surface area contributed by atoms with Crippen molar-refractivity contribution in [3.05, 3.63) is 28.3 Å². The van der Waals surface area contributed by atoms with E-state index >= 15 is 0 Å². The van der Waals surface area contributed by atoms with E-state index in [1.165, 1.54) is 23.1 Å². The molecule has 0 saturated carbocycles. The fourth-order valence-corrected chi connectivity index (χ4v) is 3.91. The maximum atomic E-state index is 12.7. The third-order valence-electron chi connectivity index (χ3n) is 3.83. The average Bonchev–Trinajstić information content (AvgIpc) is 3.18. The molecule has 26 heavy (non-hydrogen) atoms. The van der Waals surface area contributed by atoms with Crippen LogP contribution in [-0.4, -0.2) is 49.0 Å². The fourth-order valence-electron chi connectivity index (χ4n) is 2.63. The second kappa shape index (κ2) is 6.67. The van der Waals surface area contributed by atoms with Crippen molar-refractivity contribution in [2.45, 2.75) is 43.3 Å². The van der Waals surface area contributed by atoms with Gasteiger partial charge in [0.1, 0.15) is 21.9 Å². The second-order valence-electron chi connectivity index (χ2n) is 7.02. The lowest BCUT2D eigenvalue weighted by atomic mass is 10.2. The molecule has 0 aliphatic carbocycles. The predicted octanol–water partition coefficient (Wildman–Crippen LogP) is 2.85. The summed E-state index contributed by atoms with van der Waals surface area (Å²) in [6.45, 7) is 6.08. The standard InChI is InChI=1S/C16H19N3O6S/c1-16(2,3)25-15(20)18-7-6-11(9-18)26(23)14-17-12-8-10(19(21)22)4-5-13(12)24-14/h4-5,8,11H,6-7,9H2,1-3H3/t11-,26+/m0/s1. The number of amides is 1. The molecule has 0 bridgehead atoms. The molecular formula is C16H19N3O6S. The number of benzene rings is 1. The molecule has 1 aliphatic heterocycles. The summed E-state index contributed by atoms with van der Waals surface area (Å²) in [7, 11) is -1.57. The number of fused-ring (bicyclic) bond motifs is 1. The van der Waals surface area contributed by atoms with Crippen LogP contribution in [0.5, 0.6) is 0 Å². The molecule has 1 aromatic heterocycles. The Hall–Kier alpha value is -2.49. The Morgan fingerprint density at radius 2 is 2.19 bits per heavy atom. The Bertz CT molecular complexity index is 888. The number of likely N-dealkylation sites (tertiary alicyclic amines) is 1. The third kappa shape index (κ3) is 3.85. The molecule has 0 spiro atoms. The van der Waals surface area contributed by atoms with Gasteiger partial charge in [0.25, 0.3) is 10.9 Å². The van der Waals surface area contributed by atoms with Crippen LogP contribution < -0.4 is 0 Å². The fraction of sp³-hybridized carbons (Fsp3) is 0.500. The van der Waals surface area contributed by atoms with Crippen LogP contribution in [0.25, 0.3) is 11.1 Å². The van der Waals surface area contributed by atoms with Crippen LogP contribution in [-0.2, 0) is 15.5 Å². The molecule has 1 saturated heterocycles. The van der Waals surface area contributed by atoms with E-state index in [9.17, 15) is 19.1 Å². The number of aromatic nitrogens is 1. The van der Waals surface area contributed by atoms with Crippen LogP contribution in [0.15, 0.2) is 27.8 Å². The number of oxazole rings is 1. The molecule has 1 amide bonds. The lowest BCUT2D eigenvalue weighted by molar-refractivity contribution is -0.384. The molecule has 1 fully saturated rings. The smallest absolute Gasteiger partial charge is 0.410 e. The zero-order valence-electron chi connectivity index (χ0n) is 14.6. The van der Waals surface area contributed by atoms with Crippen molar-refractivity contribution >= 4 is 33.7 Å². The van der Waals surface area contributed by atoms with E-state index in [1.807, 2.05) is 0 Å². The van der Waals surface area contributed by atoms with E-state index in [4.69, 9.17) is 9.15 Å². The van der Waals surface area contributed by atoms with Crippen LogP contribution in [0.3, 0.4) is 0 Å². The van der Waals surface area contributed by atoms with Gasteiger partial charge in [0.2, 0.25) is 0 Å². The van der Waals surface area contributed by atoms with Gasteiger partial charge in [0.05, 0.1) is 10.2 Å². The molecule has 0 unspecified atom stereocenters. The highest BCUT2D eigenvalue weighted by molar-refractivity contribution is 7.85. The largest absolute Gasteiger partial charge is 0.444 e. The van der Waals surface area contributed by atoms with Gasteiger partial charge in [-0.3, -0.25) is 10.1 Å². The minimum absolute atomic E-state index is 0.0107. The second-order valence-corrected chi connectivity index (χ2v) is 8.63. The Labute approximate surface area is 151 Å². The van der Waals surface area contributed by atoms with Crippen molar-refractivity contribution < 1.29 is 23.1 Å². The van der Waals surface area contributed by atoms with Crippen molar-refractivity contribution in [1.29, 1.82) is 0 Å². The maximum Gasteiger partial charge on any atom is 0.410 e. The first-order valence-electron chi connectivity index (χ1n) is 8.07. The van der Waals surface area contributed by atoms with Crippen LogP contribution >= 0.6 is 0 Å². The van der Waals surface area contributed by atoms with Gasteiger partial charge in [-0.15, -0.1) is 0 Å². The zero-order valence-corrected chi connectivity index (χ0v) is 15.4. The summed E-state index contributed by atoms with van der Waals surface area (Å²) in [6.07, 6.45) is 0.0928. The minimum Gasteiger partial charge on any atom is -0.444 e. The lowest BCUT2D eigenvalue weighted by Crippen LogP contribution is -2.36. The molecule has 10 heteroatoms. The van der Waals surface area contributed by atoms with Gasteiger partial charge in [0.15, 0.2) is 5.58 Å². The normalized spacial score (nSPS) is 18.9. The van der Waals surface area contributed by atoms with Gasteiger partial charge < -0.3 is 14.1 Å². The van der Waals surface area contributed by atoms with Crippen molar-refractivity contribution in [3.8, 4) is 0 Å². The molecule has 1 aromatic carbocycles. The summed E-state index contributed by atoms with van der Waals surface area (Å²) in [5.41, 5.74) is -0.0887. The van der Waals surface area contributed by atoms with E-state index in [2.05, 4.69) is 4.98 Å². The quantitative estimate of drug-likeness (QED) is 0.593. The van der Waals surface area contributed by atoms with Gasteiger partial charge in [0, 0.05) is 25.2 Å². The number of hydrogen-bond acceptors (Lipinski definition) is 7. The number of nitrogens with zero attached hydrogens (tertiary/aromatic N) is 3. The van der Waals surface area contributed by atoms with Gasteiger partial charge in [-0.2, -0.15) is 0 Å². The summed E-state index contributed by atoms with van der Waals surface area (Å²) < 4.78 is 23.5. The number of rotatable bonds is 3. The number of ether oxygens (including phenoxy) is 1. The monoisotopic (exact) mass is 381 g/mol. The molecule has 2 aromatic rings. The molecule has 140 valence electrons. The average molecular weight is 381 g/mol. The Balaban J connectivity index is 1.73. The number of non-ortho nitro benzene ring substituents is 1. The van der Waals surface area contributed by atoms with Gasteiger partial charge in [-0.25, -0.2) is 14.0 Å². The van der Waals surface area contributed by atoms with E-state index < -0.39 is 27.4 Å². The number of nitro groups is 1. The first-order chi connectivity index (χ1) is 12.1. The Morgan fingerprint density at radius 1 is 1.46 bits per heavy atom. The SMILES string of the molecule is CC(C)(C)OC(=O)N1CC[C@H]([S@@](=O)c2nc3cc([N+](=O)[O-])ccc3o2)C1. The highest BCUT2D eigenvalue weighted by Gasteiger charge is 2.35. The summed E-state index contributed by atoms with van der Waals surface area (Å²) >= 11 is 0. The number of hydrogen-bond donors (Lipinski definition) is 0. The lowest BCUT2D eigenvalue weighted by Gasteiger charge is -2.24. The predicted molar refractivity (Wildman–Crippen MR) is 93.3 cm³/mol. The van der Waals surface area contributed by atoms with Crippen LogP contribution in [0.2, 0.25) is 0 Å². The van der Waals surface area contributed by atoms with Crippen LogP contribution in [0.1, 0.15) is 27.2 Å². The molecule has 2 atom stereocenters. The molecule has 0 radical (unpaired) electrons. The van der Waals surface area contributed by atoms with Crippen molar-refractivity contribution in [2.75, 3.05) is 13.1 Å². The molecule has 9 nitrogen and oxygen atoms in total. The first kappa shape index (κ1) is 18.3. The molecule has 3 rings (SSSR count). The van der Waals surface area contributed by atoms with Crippen molar-refractivity contribution in [1.82, 2.24) is 9.88 Å². The summed E-state index contributed by atoms with van der Waals surface area (Å²) in [4.78, 5) is 28.1.